The standard InChI is InChI=1S/C7H20N2Si/c1-4-7(2)10(9-3)6-5-8/h7,9-10H,4-6,8H2,1-3H3. The fourth-order valence-corrected chi connectivity index (χ4v) is 3.53. The van der Waals surface area contributed by atoms with Crippen LogP contribution in [0.25, 0.3) is 0 Å². The maximum Gasteiger partial charge on any atom is 0.112 e. The molecule has 0 aliphatic heterocycles. The summed E-state index contributed by atoms with van der Waals surface area (Å²) < 4.78 is 0. The molecule has 2 unspecified atom stereocenters. The summed E-state index contributed by atoms with van der Waals surface area (Å²) in [5.41, 5.74) is 6.38. The summed E-state index contributed by atoms with van der Waals surface area (Å²) in [4.78, 5) is 3.41. The molecule has 0 spiro atoms. The van der Waals surface area contributed by atoms with E-state index in [4.69, 9.17) is 5.73 Å². The lowest BCUT2D eigenvalue weighted by Crippen LogP contribution is -2.35. The molecule has 62 valence electrons. The van der Waals surface area contributed by atoms with E-state index in [9.17, 15) is 0 Å². The van der Waals surface area contributed by atoms with Crippen molar-refractivity contribution in [3.8, 4) is 0 Å². The molecule has 0 radical (unpaired) electrons. The largest absolute Gasteiger partial charge is 0.342 e. The van der Waals surface area contributed by atoms with E-state index in [2.05, 4.69) is 25.9 Å². The number of hydrogen-bond acceptors (Lipinski definition) is 2. The molecule has 0 rings (SSSR count). The van der Waals surface area contributed by atoms with Crippen LogP contribution in [0.2, 0.25) is 11.6 Å². The van der Waals surface area contributed by atoms with Crippen LogP contribution in [0.5, 0.6) is 0 Å². The van der Waals surface area contributed by atoms with Gasteiger partial charge in [-0.05, 0) is 25.2 Å². The highest BCUT2D eigenvalue weighted by Crippen LogP contribution is 2.13. The molecule has 0 aromatic rings. The van der Waals surface area contributed by atoms with Gasteiger partial charge in [-0.3, -0.25) is 0 Å². The molecule has 0 heterocycles. The van der Waals surface area contributed by atoms with Crippen molar-refractivity contribution >= 4 is 8.96 Å². The average molecular weight is 160 g/mol. The zero-order valence-electron chi connectivity index (χ0n) is 7.35. The predicted octanol–water partition coefficient (Wildman–Crippen LogP) is 0.688. The lowest BCUT2D eigenvalue weighted by molar-refractivity contribution is 0.822. The maximum atomic E-state index is 5.49. The van der Waals surface area contributed by atoms with Crippen molar-refractivity contribution in [3.05, 3.63) is 0 Å². The third-order valence-electron chi connectivity index (χ3n) is 2.18. The highest BCUT2D eigenvalue weighted by molar-refractivity contribution is 6.57. The summed E-state index contributed by atoms with van der Waals surface area (Å²) >= 11 is 0. The minimum atomic E-state index is -0.682. The van der Waals surface area contributed by atoms with Gasteiger partial charge in [-0.1, -0.05) is 20.3 Å². The van der Waals surface area contributed by atoms with Gasteiger partial charge in [0.15, 0.2) is 0 Å². The monoisotopic (exact) mass is 160 g/mol. The molecule has 3 N–H and O–H groups in total. The van der Waals surface area contributed by atoms with Gasteiger partial charge in [0.25, 0.3) is 0 Å². The van der Waals surface area contributed by atoms with Gasteiger partial charge in [0.2, 0.25) is 0 Å². The Labute approximate surface area is 65.9 Å². The highest BCUT2D eigenvalue weighted by Gasteiger charge is 2.13. The zero-order chi connectivity index (χ0) is 7.98. The lowest BCUT2D eigenvalue weighted by atomic mass is 10.4. The fraction of sp³-hybridized carbons (Fsp3) is 1.00. The Balaban J connectivity index is 3.56. The second kappa shape index (κ2) is 5.89. The van der Waals surface area contributed by atoms with Gasteiger partial charge >= 0.3 is 0 Å². The van der Waals surface area contributed by atoms with Gasteiger partial charge in [-0.25, -0.2) is 0 Å². The van der Waals surface area contributed by atoms with Crippen molar-refractivity contribution in [2.45, 2.75) is 31.9 Å². The van der Waals surface area contributed by atoms with Crippen molar-refractivity contribution in [2.75, 3.05) is 13.6 Å². The Hall–Kier alpha value is 0.137. The summed E-state index contributed by atoms with van der Waals surface area (Å²) in [6.45, 7) is 5.42. The fourth-order valence-electron chi connectivity index (χ4n) is 1.18. The van der Waals surface area contributed by atoms with Gasteiger partial charge in [0.05, 0.1) is 0 Å². The third kappa shape index (κ3) is 3.34. The molecule has 0 aliphatic rings. The SMILES string of the molecule is CCC(C)[SiH](CCN)NC. The first-order chi connectivity index (χ1) is 4.76. The van der Waals surface area contributed by atoms with E-state index < -0.39 is 8.96 Å². The summed E-state index contributed by atoms with van der Waals surface area (Å²) in [5, 5.41) is 0. The first-order valence-corrected chi connectivity index (χ1v) is 6.19. The van der Waals surface area contributed by atoms with E-state index in [0.29, 0.717) is 0 Å². The molecule has 10 heavy (non-hydrogen) atoms. The van der Waals surface area contributed by atoms with E-state index in [1.807, 2.05) is 0 Å². The zero-order valence-corrected chi connectivity index (χ0v) is 8.51. The molecule has 0 aromatic heterocycles. The Kier molecular flexibility index (Phi) is 5.97. The van der Waals surface area contributed by atoms with Gasteiger partial charge in [-0.2, -0.15) is 0 Å². The smallest absolute Gasteiger partial charge is 0.112 e. The molecule has 0 fully saturated rings. The number of hydrogen-bond donors (Lipinski definition) is 2. The van der Waals surface area contributed by atoms with Crippen molar-refractivity contribution in [2.24, 2.45) is 5.73 Å². The van der Waals surface area contributed by atoms with E-state index in [-0.39, 0.29) is 0 Å². The molecular weight excluding hydrogens is 140 g/mol. The summed E-state index contributed by atoms with van der Waals surface area (Å²) in [5.74, 6) is 0. The van der Waals surface area contributed by atoms with Crippen LogP contribution < -0.4 is 10.7 Å². The topological polar surface area (TPSA) is 38.0 Å². The van der Waals surface area contributed by atoms with Crippen LogP contribution in [0.3, 0.4) is 0 Å². The molecule has 3 heteroatoms. The van der Waals surface area contributed by atoms with Gasteiger partial charge in [0, 0.05) is 0 Å². The summed E-state index contributed by atoms with van der Waals surface area (Å²) in [7, 11) is 1.39. The third-order valence-corrected chi connectivity index (χ3v) is 5.72. The molecule has 0 aliphatic carbocycles. The number of rotatable bonds is 5. The molecular formula is C7H20N2Si. The van der Waals surface area contributed by atoms with Crippen LogP contribution in [-0.2, 0) is 0 Å². The second-order valence-electron chi connectivity index (χ2n) is 2.86. The van der Waals surface area contributed by atoms with Crippen molar-refractivity contribution in [3.63, 3.8) is 0 Å². The van der Waals surface area contributed by atoms with Crippen LogP contribution in [-0.4, -0.2) is 22.6 Å². The van der Waals surface area contributed by atoms with Crippen LogP contribution in [0, 0.1) is 0 Å². The van der Waals surface area contributed by atoms with E-state index in [0.717, 1.165) is 12.1 Å². The van der Waals surface area contributed by atoms with Gasteiger partial charge in [-0.15, -0.1) is 0 Å². The molecule has 0 saturated heterocycles. The van der Waals surface area contributed by atoms with Crippen molar-refractivity contribution in [1.29, 1.82) is 0 Å². The Bertz CT molecular complexity index is 78.0. The normalized spacial score (nSPS) is 16.8. The lowest BCUT2D eigenvalue weighted by Gasteiger charge is -2.19. The quantitative estimate of drug-likeness (QED) is 0.581. The van der Waals surface area contributed by atoms with Crippen molar-refractivity contribution in [1.82, 2.24) is 4.98 Å². The first-order valence-electron chi connectivity index (χ1n) is 4.13. The Morgan fingerprint density at radius 2 is 2.20 bits per heavy atom. The maximum absolute atomic E-state index is 5.49. The molecule has 2 nitrogen and oxygen atoms in total. The van der Waals surface area contributed by atoms with E-state index in [1.165, 1.54) is 12.5 Å². The molecule has 0 amide bonds. The summed E-state index contributed by atoms with van der Waals surface area (Å²) in [6.07, 6.45) is 1.29. The second-order valence-corrected chi connectivity index (χ2v) is 6.36. The summed E-state index contributed by atoms with van der Waals surface area (Å²) in [6, 6.07) is 1.23. The van der Waals surface area contributed by atoms with Crippen LogP contribution in [0.1, 0.15) is 20.3 Å². The molecule has 0 aromatic carbocycles. The van der Waals surface area contributed by atoms with E-state index in [1.54, 1.807) is 0 Å². The Morgan fingerprint density at radius 1 is 1.60 bits per heavy atom. The molecule has 0 saturated carbocycles. The molecule has 0 bridgehead atoms. The van der Waals surface area contributed by atoms with Crippen LogP contribution >= 0.6 is 0 Å². The first kappa shape index (κ1) is 10.1. The highest BCUT2D eigenvalue weighted by atomic mass is 28.3. The van der Waals surface area contributed by atoms with Crippen molar-refractivity contribution < 1.29 is 0 Å². The minimum Gasteiger partial charge on any atom is -0.342 e. The van der Waals surface area contributed by atoms with Crippen LogP contribution in [0.15, 0.2) is 0 Å². The number of nitrogens with two attached hydrogens (primary N) is 1. The van der Waals surface area contributed by atoms with Gasteiger partial charge < -0.3 is 10.7 Å². The average Bonchev–Trinajstić information content (AvgIpc) is 1.99. The molecule has 2 atom stereocenters. The Morgan fingerprint density at radius 3 is 2.50 bits per heavy atom. The van der Waals surface area contributed by atoms with E-state index >= 15 is 0 Å². The van der Waals surface area contributed by atoms with Crippen LogP contribution in [0.4, 0.5) is 0 Å². The number of nitrogens with one attached hydrogen (secondary N) is 1. The predicted molar refractivity (Wildman–Crippen MR) is 49.8 cm³/mol. The minimum absolute atomic E-state index is 0.682. The van der Waals surface area contributed by atoms with Gasteiger partial charge in [0.1, 0.15) is 8.96 Å².